The lowest BCUT2D eigenvalue weighted by molar-refractivity contribution is -0.381. The van der Waals surface area contributed by atoms with Gasteiger partial charge in [0.05, 0.1) is 0 Å². The van der Waals surface area contributed by atoms with E-state index in [9.17, 15) is 19.8 Å². The molecule has 0 aromatic rings. The number of carbonyl (C=O) groups is 2. The van der Waals surface area contributed by atoms with E-state index in [-0.39, 0.29) is 23.7 Å². The maximum absolute atomic E-state index is 12.0. The summed E-state index contributed by atoms with van der Waals surface area (Å²) in [4.78, 5) is 24.0. The monoisotopic (exact) mass is 274 g/mol. The number of carboxylic acids is 2. The van der Waals surface area contributed by atoms with Crippen molar-refractivity contribution in [2.75, 3.05) is 0 Å². The van der Waals surface area contributed by atoms with Gasteiger partial charge in [-0.3, -0.25) is 0 Å². The van der Waals surface area contributed by atoms with Crippen LogP contribution in [0.4, 0.5) is 0 Å². The van der Waals surface area contributed by atoms with E-state index in [1.165, 1.54) is 0 Å². The molecule has 0 aliphatic heterocycles. The highest BCUT2D eigenvalue weighted by Gasteiger charge is 2.75. The van der Waals surface area contributed by atoms with Crippen molar-refractivity contribution in [1.82, 2.24) is 0 Å². The first-order chi connectivity index (χ1) is 9.50. The average molecular weight is 274 g/mol. The molecule has 4 unspecified atom stereocenters. The summed E-state index contributed by atoms with van der Waals surface area (Å²) in [6.07, 6.45) is 5.11. The van der Waals surface area contributed by atoms with Crippen LogP contribution in [-0.2, 0) is 9.59 Å². The molecule has 0 heterocycles. The fourth-order valence-electron chi connectivity index (χ4n) is 7.78. The quantitative estimate of drug-likeness (QED) is 0.684. The highest BCUT2D eigenvalue weighted by molar-refractivity contribution is 5.80. The SMILES string of the molecule is O=C([O-])C12CC3CC4C1CC1CC2C(C3)C4(C(=O)[O-])C1. The molecule has 0 radical (unpaired) electrons. The van der Waals surface area contributed by atoms with E-state index >= 15 is 0 Å². The molecular formula is C16H18O4-2. The molecule has 0 aromatic heterocycles. The highest BCUT2D eigenvalue weighted by Crippen LogP contribution is 2.79. The van der Waals surface area contributed by atoms with Crippen LogP contribution in [0.1, 0.15) is 38.5 Å². The van der Waals surface area contributed by atoms with Crippen molar-refractivity contribution in [2.24, 2.45) is 46.3 Å². The Morgan fingerprint density at radius 3 is 1.25 bits per heavy atom. The molecule has 0 saturated heterocycles. The molecule has 0 amide bonds. The summed E-state index contributed by atoms with van der Waals surface area (Å²) in [5.41, 5.74) is -1.40. The fraction of sp³-hybridized carbons (Fsp3) is 0.875. The largest absolute Gasteiger partial charge is 0.550 e. The number of aliphatic carboxylic acids is 2. The van der Waals surface area contributed by atoms with Crippen LogP contribution in [0.15, 0.2) is 0 Å². The molecule has 0 aromatic carbocycles. The third kappa shape index (κ3) is 0.906. The first-order valence-electron chi connectivity index (χ1n) is 7.93. The van der Waals surface area contributed by atoms with Gasteiger partial charge in [0.1, 0.15) is 0 Å². The van der Waals surface area contributed by atoms with Gasteiger partial charge >= 0.3 is 0 Å². The summed E-state index contributed by atoms with van der Waals surface area (Å²) < 4.78 is 0. The van der Waals surface area contributed by atoms with Gasteiger partial charge in [-0.2, -0.15) is 0 Å². The van der Waals surface area contributed by atoms with Gasteiger partial charge in [0.15, 0.2) is 0 Å². The summed E-state index contributed by atoms with van der Waals surface area (Å²) in [5.74, 6) is -0.828. The Bertz CT molecular complexity index is 467. The summed E-state index contributed by atoms with van der Waals surface area (Å²) in [5, 5.41) is 24.0. The number of carbonyl (C=O) groups excluding carboxylic acids is 2. The van der Waals surface area contributed by atoms with E-state index < -0.39 is 22.8 Å². The Morgan fingerprint density at radius 2 is 1.00 bits per heavy atom. The molecule has 4 nitrogen and oxygen atoms in total. The smallest absolute Gasteiger partial charge is 0.0482 e. The maximum atomic E-state index is 12.0. The molecule has 8 bridgehead atoms. The molecule has 7 aliphatic rings. The van der Waals surface area contributed by atoms with Gasteiger partial charge in [0, 0.05) is 22.8 Å². The lowest BCUT2D eigenvalue weighted by Crippen LogP contribution is -2.78. The topological polar surface area (TPSA) is 80.3 Å². The molecule has 7 fully saturated rings. The highest BCUT2D eigenvalue weighted by atomic mass is 16.4. The normalized spacial score (nSPS) is 61.0. The van der Waals surface area contributed by atoms with Crippen LogP contribution in [-0.4, -0.2) is 11.9 Å². The Labute approximate surface area is 117 Å². The Hall–Kier alpha value is -1.06. The van der Waals surface area contributed by atoms with E-state index in [0.29, 0.717) is 11.8 Å². The van der Waals surface area contributed by atoms with Gasteiger partial charge in [-0.05, 0) is 74.0 Å². The predicted molar refractivity (Wildman–Crippen MR) is 63.5 cm³/mol. The molecule has 0 N–H and O–H groups in total. The minimum absolute atomic E-state index is 0.0377. The number of carboxylic acid groups (broad SMARTS) is 2. The molecule has 7 aliphatic carbocycles. The molecule has 7 saturated carbocycles. The molecule has 0 spiro atoms. The number of hydrogen-bond donors (Lipinski definition) is 0. The minimum Gasteiger partial charge on any atom is -0.550 e. The molecule has 7 rings (SSSR count). The zero-order valence-electron chi connectivity index (χ0n) is 11.3. The molecule has 108 valence electrons. The Morgan fingerprint density at radius 1 is 0.700 bits per heavy atom. The van der Waals surface area contributed by atoms with Crippen molar-refractivity contribution in [3.63, 3.8) is 0 Å². The second-order valence-electron chi connectivity index (χ2n) is 8.16. The van der Waals surface area contributed by atoms with E-state index in [4.69, 9.17) is 0 Å². The van der Waals surface area contributed by atoms with Crippen LogP contribution in [0.25, 0.3) is 0 Å². The molecule has 4 heteroatoms. The van der Waals surface area contributed by atoms with Gasteiger partial charge in [0.2, 0.25) is 0 Å². The van der Waals surface area contributed by atoms with Gasteiger partial charge in [-0.15, -0.1) is 0 Å². The third-order valence-corrected chi connectivity index (χ3v) is 7.98. The summed E-state index contributed by atoms with van der Waals surface area (Å²) in [6, 6.07) is 0. The van der Waals surface area contributed by atoms with Crippen LogP contribution in [0.3, 0.4) is 0 Å². The molecule has 20 heavy (non-hydrogen) atoms. The van der Waals surface area contributed by atoms with Gasteiger partial charge in [-0.1, -0.05) is 0 Å². The molecule has 4 atom stereocenters. The first kappa shape index (κ1) is 11.6. The Balaban J connectivity index is 1.76. The van der Waals surface area contributed by atoms with Crippen molar-refractivity contribution in [2.45, 2.75) is 38.5 Å². The van der Waals surface area contributed by atoms with Gasteiger partial charge < -0.3 is 19.8 Å². The first-order valence-corrected chi connectivity index (χ1v) is 7.93. The maximum Gasteiger partial charge on any atom is 0.0482 e. The third-order valence-electron chi connectivity index (χ3n) is 7.98. The van der Waals surface area contributed by atoms with Crippen LogP contribution in [0, 0.1) is 46.3 Å². The lowest BCUT2D eigenvalue weighted by Gasteiger charge is -2.78. The van der Waals surface area contributed by atoms with Crippen LogP contribution in [0.2, 0.25) is 0 Å². The lowest BCUT2D eigenvalue weighted by atomic mass is 9.27. The summed E-state index contributed by atoms with van der Waals surface area (Å²) in [6.45, 7) is 0. The van der Waals surface area contributed by atoms with E-state index in [0.717, 1.165) is 38.5 Å². The fourth-order valence-corrected chi connectivity index (χ4v) is 7.78. The number of hydrogen-bond acceptors (Lipinski definition) is 4. The van der Waals surface area contributed by atoms with Crippen molar-refractivity contribution < 1.29 is 19.8 Å². The van der Waals surface area contributed by atoms with Crippen molar-refractivity contribution in [3.05, 3.63) is 0 Å². The predicted octanol–water partition coefficient (Wildman–Crippen LogP) is -0.435. The zero-order valence-corrected chi connectivity index (χ0v) is 11.3. The Kier molecular flexibility index (Phi) is 1.78. The second kappa shape index (κ2) is 3.07. The van der Waals surface area contributed by atoms with E-state index in [2.05, 4.69) is 0 Å². The molecular weight excluding hydrogens is 256 g/mol. The van der Waals surface area contributed by atoms with Gasteiger partial charge in [-0.25, -0.2) is 0 Å². The van der Waals surface area contributed by atoms with Crippen LogP contribution < -0.4 is 10.2 Å². The van der Waals surface area contributed by atoms with Crippen molar-refractivity contribution >= 4 is 11.9 Å². The summed E-state index contributed by atoms with van der Waals surface area (Å²) in [7, 11) is 0. The minimum atomic E-state index is -0.890. The van der Waals surface area contributed by atoms with Crippen molar-refractivity contribution in [1.29, 1.82) is 0 Å². The van der Waals surface area contributed by atoms with E-state index in [1.807, 2.05) is 0 Å². The number of rotatable bonds is 2. The van der Waals surface area contributed by atoms with Crippen LogP contribution in [0.5, 0.6) is 0 Å². The average Bonchev–Trinajstić information content (AvgIpc) is 2.43. The second-order valence-corrected chi connectivity index (χ2v) is 8.16. The summed E-state index contributed by atoms with van der Waals surface area (Å²) >= 11 is 0. The zero-order chi connectivity index (χ0) is 13.9. The van der Waals surface area contributed by atoms with Crippen LogP contribution >= 0.6 is 0 Å². The van der Waals surface area contributed by atoms with Gasteiger partial charge in [0.25, 0.3) is 0 Å². The standard InChI is InChI=1S/C16H20O4/c17-13(18)15-6-8-3-10-9(15)1-7-2-11(15)12(4-8)16(10,5-7)14(19)20/h7-12H,1-6H2,(H,17,18)(H,19,20)/p-2. The van der Waals surface area contributed by atoms with Crippen molar-refractivity contribution in [3.8, 4) is 0 Å². The van der Waals surface area contributed by atoms with E-state index in [1.54, 1.807) is 0 Å².